The highest BCUT2D eigenvalue weighted by molar-refractivity contribution is 8.14. The second kappa shape index (κ2) is 5.73. The number of hydrogen-bond donors (Lipinski definition) is 1. The summed E-state index contributed by atoms with van der Waals surface area (Å²) in [6.07, 6.45) is 1.07. The van der Waals surface area contributed by atoms with Gasteiger partial charge in [0.2, 0.25) is 0 Å². The highest BCUT2D eigenvalue weighted by Gasteiger charge is 2.22. The third-order valence-electron chi connectivity index (χ3n) is 2.71. The first-order valence-electron chi connectivity index (χ1n) is 5.72. The molecule has 1 aliphatic heterocycles. The van der Waals surface area contributed by atoms with Gasteiger partial charge in [-0.25, -0.2) is 0 Å². The zero-order valence-corrected chi connectivity index (χ0v) is 11.4. The van der Waals surface area contributed by atoms with Crippen LogP contribution in [0, 0.1) is 5.92 Å². The highest BCUT2D eigenvalue weighted by atomic mass is 32.2. The second-order valence-electron chi connectivity index (χ2n) is 4.32. The maximum absolute atomic E-state index is 4.61. The first kappa shape index (κ1) is 12.0. The molecule has 1 fully saturated rings. The van der Waals surface area contributed by atoms with E-state index in [1.807, 2.05) is 23.1 Å². The fourth-order valence-corrected chi connectivity index (χ4v) is 3.50. The quantitative estimate of drug-likeness (QED) is 0.893. The summed E-state index contributed by atoms with van der Waals surface area (Å²) >= 11 is 3.67. The van der Waals surface area contributed by atoms with Gasteiger partial charge in [-0.2, -0.15) is 0 Å². The lowest BCUT2D eigenvalue weighted by Crippen LogP contribution is -2.31. The third-order valence-corrected chi connectivity index (χ3v) is 4.69. The molecular weight excluding hydrogens is 236 g/mol. The van der Waals surface area contributed by atoms with Crippen LogP contribution in [-0.2, 0) is 6.42 Å². The molecular formula is C12H18N2S2. The van der Waals surface area contributed by atoms with Crippen LogP contribution in [0.3, 0.4) is 0 Å². The summed E-state index contributed by atoms with van der Waals surface area (Å²) in [4.78, 5) is 6.03. The first-order valence-corrected chi connectivity index (χ1v) is 7.58. The number of nitrogens with zero attached hydrogens (tertiary/aromatic N) is 1. The van der Waals surface area contributed by atoms with Gasteiger partial charge in [-0.05, 0) is 17.4 Å². The van der Waals surface area contributed by atoms with E-state index >= 15 is 0 Å². The lowest BCUT2D eigenvalue weighted by molar-refractivity contribution is 0.503. The van der Waals surface area contributed by atoms with Crippen molar-refractivity contribution in [1.82, 2.24) is 5.32 Å². The maximum Gasteiger partial charge on any atom is 0.156 e. The molecule has 16 heavy (non-hydrogen) atoms. The smallest absolute Gasteiger partial charge is 0.156 e. The lowest BCUT2D eigenvalue weighted by atomic mass is 10.1. The molecule has 1 aromatic heterocycles. The van der Waals surface area contributed by atoms with Crippen LogP contribution >= 0.6 is 23.1 Å². The predicted octanol–water partition coefficient (Wildman–Crippen LogP) is 3.01. The van der Waals surface area contributed by atoms with E-state index < -0.39 is 0 Å². The van der Waals surface area contributed by atoms with Crippen LogP contribution in [0.2, 0.25) is 0 Å². The molecule has 1 atom stereocenters. The second-order valence-corrected chi connectivity index (χ2v) is 6.36. The third kappa shape index (κ3) is 3.25. The number of rotatable bonds is 4. The number of aliphatic imine (C=N–C) groups is 1. The lowest BCUT2D eigenvalue weighted by Gasteiger charge is -2.12. The molecule has 0 saturated carbocycles. The van der Waals surface area contributed by atoms with Gasteiger partial charge in [-0.3, -0.25) is 4.99 Å². The molecule has 0 aromatic carbocycles. The molecule has 4 heteroatoms. The molecule has 0 aliphatic carbocycles. The normalized spacial score (nSPS) is 22.9. The van der Waals surface area contributed by atoms with Crippen LogP contribution in [0.4, 0.5) is 0 Å². The van der Waals surface area contributed by atoms with Gasteiger partial charge in [0.1, 0.15) is 0 Å². The Morgan fingerprint density at radius 2 is 2.44 bits per heavy atom. The van der Waals surface area contributed by atoms with Crippen LogP contribution in [0.25, 0.3) is 0 Å². The monoisotopic (exact) mass is 254 g/mol. The fraction of sp³-hybridized carbons (Fsp3) is 0.583. The van der Waals surface area contributed by atoms with Gasteiger partial charge in [0.25, 0.3) is 0 Å². The van der Waals surface area contributed by atoms with Gasteiger partial charge >= 0.3 is 0 Å². The number of nitrogens with one attached hydrogen (secondary N) is 1. The molecule has 2 nitrogen and oxygen atoms in total. The molecule has 0 bridgehead atoms. The van der Waals surface area contributed by atoms with Gasteiger partial charge in [-0.15, -0.1) is 11.3 Å². The molecule has 2 rings (SSSR count). The minimum Gasteiger partial charge on any atom is -0.361 e. The minimum atomic E-state index is 0.602. The van der Waals surface area contributed by atoms with Crippen LogP contribution in [0.15, 0.2) is 22.5 Å². The molecule has 88 valence electrons. The van der Waals surface area contributed by atoms with Crippen molar-refractivity contribution in [1.29, 1.82) is 0 Å². The Morgan fingerprint density at radius 3 is 3.06 bits per heavy atom. The Hall–Kier alpha value is -0.480. The largest absolute Gasteiger partial charge is 0.361 e. The van der Waals surface area contributed by atoms with Gasteiger partial charge in [0.05, 0.1) is 0 Å². The van der Waals surface area contributed by atoms with Crippen molar-refractivity contribution in [3.63, 3.8) is 0 Å². The summed E-state index contributed by atoms with van der Waals surface area (Å²) in [6.45, 7) is 5.42. The summed E-state index contributed by atoms with van der Waals surface area (Å²) < 4.78 is 0. The van der Waals surface area contributed by atoms with Gasteiger partial charge < -0.3 is 5.32 Å². The summed E-state index contributed by atoms with van der Waals surface area (Å²) in [5, 5.41) is 6.75. The van der Waals surface area contributed by atoms with Crippen LogP contribution in [-0.4, -0.2) is 23.5 Å². The Morgan fingerprint density at radius 1 is 1.56 bits per heavy atom. The molecule has 2 heterocycles. The van der Waals surface area contributed by atoms with E-state index in [4.69, 9.17) is 0 Å². The molecule has 1 saturated heterocycles. The summed E-state index contributed by atoms with van der Waals surface area (Å²) in [6, 6.07) is 4.88. The SMILES string of the molecule is CC(C)[C@H]1CSC(=NCCc2cccs2)N1. The maximum atomic E-state index is 4.61. The van der Waals surface area contributed by atoms with Crippen molar-refractivity contribution in [2.75, 3.05) is 12.3 Å². The predicted molar refractivity (Wildman–Crippen MR) is 74.5 cm³/mol. The van der Waals surface area contributed by atoms with Crippen molar-refractivity contribution in [3.05, 3.63) is 22.4 Å². The fourth-order valence-electron chi connectivity index (χ4n) is 1.58. The summed E-state index contributed by atoms with van der Waals surface area (Å²) in [5.41, 5.74) is 0. The highest BCUT2D eigenvalue weighted by Crippen LogP contribution is 2.19. The van der Waals surface area contributed by atoms with Gasteiger partial charge in [-0.1, -0.05) is 31.7 Å². The van der Waals surface area contributed by atoms with Gasteiger partial charge in [0, 0.05) is 29.6 Å². The van der Waals surface area contributed by atoms with Crippen molar-refractivity contribution < 1.29 is 0 Å². The Kier molecular flexibility index (Phi) is 4.29. The molecule has 1 N–H and O–H groups in total. The minimum absolute atomic E-state index is 0.602. The molecule has 0 unspecified atom stereocenters. The Balaban J connectivity index is 1.77. The van der Waals surface area contributed by atoms with Crippen LogP contribution < -0.4 is 5.32 Å². The number of amidine groups is 1. The number of thiophene rings is 1. The van der Waals surface area contributed by atoms with Crippen molar-refractivity contribution in [2.24, 2.45) is 10.9 Å². The first-order chi connectivity index (χ1) is 7.75. The van der Waals surface area contributed by atoms with Crippen molar-refractivity contribution >= 4 is 28.3 Å². The Bertz CT molecular complexity index is 344. The van der Waals surface area contributed by atoms with Crippen molar-refractivity contribution in [3.8, 4) is 0 Å². The van der Waals surface area contributed by atoms with Crippen LogP contribution in [0.5, 0.6) is 0 Å². The molecule has 1 aromatic rings. The molecule has 0 spiro atoms. The zero-order chi connectivity index (χ0) is 11.4. The summed E-state index contributed by atoms with van der Waals surface area (Å²) in [5.74, 6) is 1.85. The standard InChI is InChI=1S/C12H18N2S2/c1-9(2)11-8-16-12(14-11)13-6-5-10-4-3-7-15-10/h3-4,7,9,11H,5-6,8H2,1-2H3,(H,13,14)/t11-/m1/s1. The van der Waals surface area contributed by atoms with Crippen molar-refractivity contribution in [2.45, 2.75) is 26.3 Å². The number of hydrogen-bond acceptors (Lipinski definition) is 3. The Labute approximate surface area is 106 Å². The average molecular weight is 254 g/mol. The van der Waals surface area contributed by atoms with E-state index in [0.29, 0.717) is 12.0 Å². The zero-order valence-electron chi connectivity index (χ0n) is 9.77. The molecule has 0 radical (unpaired) electrons. The van der Waals surface area contributed by atoms with E-state index in [-0.39, 0.29) is 0 Å². The van der Waals surface area contributed by atoms with E-state index in [1.165, 1.54) is 4.88 Å². The molecule has 0 amide bonds. The van der Waals surface area contributed by atoms with E-state index in [0.717, 1.165) is 23.9 Å². The van der Waals surface area contributed by atoms with Crippen LogP contribution in [0.1, 0.15) is 18.7 Å². The van der Waals surface area contributed by atoms with E-state index in [9.17, 15) is 0 Å². The topological polar surface area (TPSA) is 24.4 Å². The average Bonchev–Trinajstić information content (AvgIpc) is 2.87. The van der Waals surface area contributed by atoms with Gasteiger partial charge in [0.15, 0.2) is 5.17 Å². The van der Waals surface area contributed by atoms with E-state index in [1.54, 1.807) is 0 Å². The molecule has 1 aliphatic rings. The summed E-state index contributed by atoms with van der Waals surface area (Å²) in [7, 11) is 0. The van der Waals surface area contributed by atoms with E-state index in [2.05, 4.69) is 41.7 Å². The number of thioether (sulfide) groups is 1.